The second-order valence-corrected chi connectivity index (χ2v) is 6.82. The Morgan fingerprint density at radius 3 is 2.64 bits per heavy atom. The van der Waals surface area contributed by atoms with E-state index in [0.29, 0.717) is 12.4 Å². The lowest BCUT2D eigenvalue weighted by Gasteiger charge is -2.28. The number of aromatic nitrogens is 4. The molecule has 1 atom stereocenters. The van der Waals surface area contributed by atoms with Crippen LogP contribution in [0.2, 0.25) is 0 Å². The van der Waals surface area contributed by atoms with Gasteiger partial charge in [0.25, 0.3) is 0 Å². The number of hydrogen-bond donors (Lipinski definition) is 1. The van der Waals surface area contributed by atoms with Gasteiger partial charge in [0.2, 0.25) is 11.7 Å². The summed E-state index contributed by atoms with van der Waals surface area (Å²) in [6, 6.07) is 10.4. The van der Waals surface area contributed by atoms with Gasteiger partial charge in [0.05, 0.1) is 6.04 Å². The van der Waals surface area contributed by atoms with Gasteiger partial charge in [0.15, 0.2) is 0 Å². The summed E-state index contributed by atoms with van der Waals surface area (Å²) < 4.78 is 5.45. The van der Waals surface area contributed by atoms with E-state index in [2.05, 4.69) is 20.7 Å². The Bertz CT molecular complexity index is 703. The second-order valence-electron chi connectivity index (χ2n) is 6.82. The van der Waals surface area contributed by atoms with Gasteiger partial charge < -0.3 is 10.1 Å². The topological polar surface area (TPSA) is 81.9 Å². The number of ether oxygens (including phenoxy) is 1. The van der Waals surface area contributed by atoms with Crippen molar-refractivity contribution in [3.05, 3.63) is 30.3 Å². The highest BCUT2D eigenvalue weighted by Crippen LogP contribution is 2.28. The van der Waals surface area contributed by atoms with Crippen LogP contribution in [0.15, 0.2) is 30.3 Å². The molecule has 1 saturated carbocycles. The van der Waals surface area contributed by atoms with Crippen molar-refractivity contribution < 1.29 is 9.53 Å². The van der Waals surface area contributed by atoms with Crippen molar-refractivity contribution in [2.45, 2.75) is 56.7 Å². The molecule has 1 saturated heterocycles. The minimum atomic E-state index is -0.247. The first kappa shape index (κ1) is 16.2. The summed E-state index contributed by atoms with van der Waals surface area (Å²) in [7, 11) is 0. The third-order valence-electron chi connectivity index (χ3n) is 5.05. The van der Waals surface area contributed by atoms with Crippen molar-refractivity contribution in [3.8, 4) is 11.4 Å². The Balaban J connectivity index is 1.31. The minimum absolute atomic E-state index is 0.0474. The molecule has 1 aliphatic carbocycles. The van der Waals surface area contributed by atoms with Crippen LogP contribution in [-0.2, 0) is 9.53 Å². The van der Waals surface area contributed by atoms with Crippen LogP contribution in [0.1, 0.15) is 44.6 Å². The van der Waals surface area contributed by atoms with Crippen molar-refractivity contribution in [1.82, 2.24) is 25.5 Å². The molecule has 1 unspecified atom stereocenters. The summed E-state index contributed by atoms with van der Waals surface area (Å²) in [6.07, 6.45) is 5.33. The molecule has 0 radical (unpaired) electrons. The number of tetrazole rings is 1. The monoisotopic (exact) mass is 341 g/mol. The number of carbonyl (C=O) groups is 1. The van der Waals surface area contributed by atoms with Crippen LogP contribution in [0.5, 0.6) is 0 Å². The van der Waals surface area contributed by atoms with Gasteiger partial charge in [-0.1, -0.05) is 30.3 Å². The third-order valence-corrected chi connectivity index (χ3v) is 5.05. The van der Waals surface area contributed by atoms with E-state index >= 15 is 0 Å². The second kappa shape index (κ2) is 7.31. The molecule has 132 valence electrons. The van der Waals surface area contributed by atoms with Crippen LogP contribution in [0, 0.1) is 0 Å². The van der Waals surface area contributed by atoms with E-state index in [1.807, 2.05) is 30.3 Å². The normalized spacial score (nSPS) is 26.5. The molecule has 1 aromatic carbocycles. The van der Waals surface area contributed by atoms with Gasteiger partial charge in [-0.25, -0.2) is 0 Å². The molecule has 2 fully saturated rings. The average molecular weight is 341 g/mol. The molecule has 0 spiro atoms. The van der Waals surface area contributed by atoms with E-state index < -0.39 is 0 Å². The van der Waals surface area contributed by atoms with Crippen molar-refractivity contribution in [1.29, 1.82) is 0 Å². The lowest BCUT2D eigenvalue weighted by atomic mass is 9.91. The predicted molar refractivity (Wildman–Crippen MR) is 91.7 cm³/mol. The Hall–Kier alpha value is -2.28. The van der Waals surface area contributed by atoms with Crippen LogP contribution >= 0.6 is 0 Å². The predicted octanol–water partition coefficient (Wildman–Crippen LogP) is 2.12. The van der Waals surface area contributed by atoms with Crippen LogP contribution in [0.25, 0.3) is 11.4 Å². The van der Waals surface area contributed by atoms with E-state index in [1.54, 1.807) is 4.80 Å². The molecule has 7 heteroatoms. The minimum Gasteiger partial charge on any atom is -0.368 e. The number of nitrogens with one attached hydrogen (secondary N) is 1. The summed E-state index contributed by atoms with van der Waals surface area (Å²) in [5.74, 6) is 0.709. The van der Waals surface area contributed by atoms with Crippen LogP contribution in [-0.4, -0.2) is 44.9 Å². The lowest BCUT2D eigenvalue weighted by Crippen LogP contribution is -2.43. The fourth-order valence-corrected chi connectivity index (χ4v) is 3.61. The molecule has 4 rings (SSSR count). The van der Waals surface area contributed by atoms with Crippen LogP contribution < -0.4 is 5.32 Å². The average Bonchev–Trinajstić information content (AvgIpc) is 3.35. The van der Waals surface area contributed by atoms with Crippen molar-refractivity contribution in [2.75, 3.05) is 6.61 Å². The summed E-state index contributed by atoms with van der Waals surface area (Å²) in [5, 5.41) is 16.1. The quantitative estimate of drug-likeness (QED) is 0.921. The van der Waals surface area contributed by atoms with E-state index in [-0.39, 0.29) is 24.1 Å². The molecule has 1 amide bonds. The van der Waals surface area contributed by atoms with Crippen LogP contribution in [0.4, 0.5) is 0 Å². The highest BCUT2D eigenvalue weighted by atomic mass is 16.5. The fraction of sp³-hybridized carbons (Fsp3) is 0.556. The Morgan fingerprint density at radius 1 is 1.12 bits per heavy atom. The number of rotatable bonds is 4. The first-order valence-corrected chi connectivity index (χ1v) is 9.06. The molecule has 2 aromatic rings. The zero-order chi connectivity index (χ0) is 17.1. The SMILES string of the molecule is O=C(NC1CCC(n2nnc(-c3ccccc3)n2)CC1)C1CCCO1. The number of amides is 1. The molecule has 2 aliphatic rings. The summed E-state index contributed by atoms with van der Waals surface area (Å²) in [6.45, 7) is 0.701. The zero-order valence-corrected chi connectivity index (χ0v) is 14.2. The number of hydrogen-bond acceptors (Lipinski definition) is 5. The van der Waals surface area contributed by atoms with Gasteiger partial charge in [-0.2, -0.15) is 4.80 Å². The maximum Gasteiger partial charge on any atom is 0.249 e. The van der Waals surface area contributed by atoms with E-state index in [1.165, 1.54) is 0 Å². The maximum atomic E-state index is 12.1. The maximum absolute atomic E-state index is 12.1. The lowest BCUT2D eigenvalue weighted by molar-refractivity contribution is -0.131. The van der Waals surface area contributed by atoms with Gasteiger partial charge >= 0.3 is 0 Å². The summed E-state index contributed by atoms with van der Waals surface area (Å²) >= 11 is 0. The van der Waals surface area contributed by atoms with Gasteiger partial charge in [-0.05, 0) is 43.7 Å². The molecular weight excluding hydrogens is 318 g/mol. The molecular formula is C18H23N5O2. The van der Waals surface area contributed by atoms with E-state index in [9.17, 15) is 4.79 Å². The van der Waals surface area contributed by atoms with Crippen LogP contribution in [0.3, 0.4) is 0 Å². The molecule has 2 heterocycles. The molecule has 0 bridgehead atoms. The molecule has 1 aliphatic heterocycles. The Labute approximate surface area is 146 Å². The van der Waals surface area contributed by atoms with E-state index in [0.717, 1.165) is 44.1 Å². The Kier molecular flexibility index (Phi) is 4.74. The smallest absolute Gasteiger partial charge is 0.249 e. The number of nitrogens with zero attached hydrogens (tertiary/aromatic N) is 4. The standard InChI is InChI=1S/C18H23N5O2/c24-18(16-7-4-12-25-16)19-14-8-10-15(11-9-14)23-21-17(20-22-23)13-5-2-1-3-6-13/h1-3,5-6,14-16H,4,7-12H2,(H,19,24). The highest BCUT2D eigenvalue weighted by Gasteiger charge is 2.29. The van der Waals surface area contributed by atoms with Crippen molar-refractivity contribution in [3.63, 3.8) is 0 Å². The van der Waals surface area contributed by atoms with Gasteiger partial charge in [-0.15, -0.1) is 10.2 Å². The molecule has 1 N–H and O–H groups in total. The highest BCUT2D eigenvalue weighted by molar-refractivity contribution is 5.81. The largest absolute Gasteiger partial charge is 0.368 e. The molecule has 25 heavy (non-hydrogen) atoms. The zero-order valence-electron chi connectivity index (χ0n) is 14.2. The van der Waals surface area contributed by atoms with Gasteiger partial charge in [-0.3, -0.25) is 4.79 Å². The summed E-state index contributed by atoms with van der Waals surface area (Å²) in [4.78, 5) is 13.9. The van der Waals surface area contributed by atoms with Gasteiger partial charge in [0, 0.05) is 18.2 Å². The first-order chi connectivity index (χ1) is 12.3. The molecule has 1 aromatic heterocycles. The number of benzene rings is 1. The van der Waals surface area contributed by atoms with Crippen molar-refractivity contribution in [2.24, 2.45) is 0 Å². The molecule has 7 nitrogen and oxygen atoms in total. The van der Waals surface area contributed by atoms with E-state index in [4.69, 9.17) is 4.74 Å². The fourth-order valence-electron chi connectivity index (χ4n) is 3.61. The summed E-state index contributed by atoms with van der Waals surface area (Å²) in [5.41, 5.74) is 0.978. The van der Waals surface area contributed by atoms with Crippen molar-refractivity contribution >= 4 is 5.91 Å². The first-order valence-electron chi connectivity index (χ1n) is 9.06. The van der Waals surface area contributed by atoms with Gasteiger partial charge in [0.1, 0.15) is 6.10 Å². The third kappa shape index (κ3) is 3.71. The number of carbonyl (C=O) groups excluding carboxylic acids is 1. The Morgan fingerprint density at radius 2 is 1.92 bits per heavy atom.